The number of rotatable bonds is 7. The fraction of sp³-hybridized carbons (Fsp3) is 0.875. The standard InChI is InChI=1S/C16H30N4O3S.HI/c1-3-18-15(19-11-16(6-7-16)12-24(2,22)23)20-8-4-5-13(10-20)9-14(17)21;/h13H,3-12H2,1-2H3,(H2,17,21)(H,18,19);1H. The fourth-order valence-electron chi connectivity index (χ4n) is 3.46. The van der Waals surface area contributed by atoms with Gasteiger partial charge in [0.15, 0.2) is 5.96 Å². The van der Waals surface area contributed by atoms with Crippen LogP contribution in [0, 0.1) is 11.3 Å². The maximum atomic E-state index is 11.6. The summed E-state index contributed by atoms with van der Waals surface area (Å²) >= 11 is 0. The number of sulfone groups is 1. The normalized spacial score (nSPS) is 22.9. The molecule has 3 N–H and O–H groups in total. The van der Waals surface area contributed by atoms with Crippen LogP contribution in [0.2, 0.25) is 0 Å². The summed E-state index contributed by atoms with van der Waals surface area (Å²) in [6, 6.07) is 0. The van der Waals surface area contributed by atoms with Crippen molar-refractivity contribution in [2.75, 3.05) is 38.2 Å². The maximum absolute atomic E-state index is 11.6. The monoisotopic (exact) mass is 486 g/mol. The Hall–Kier alpha value is -0.580. The summed E-state index contributed by atoms with van der Waals surface area (Å²) in [5.74, 6) is 1.05. The van der Waals surface area contributed by atoms with Crippen molar-refractivity contribution in [2.24, 2.45) is 22.1 Å². The van der Waals surface area contributed by atoms with E-state index in [0.717, 1.165) is 51.3 Å². The number of carbonyl (C=O) groups excluding carboxylic acids is 1. The molecule has 1 aliphatic carbocycles. The van der Waals surface area contributed by atoms with Crippen LogP contribution in [0.15, 0.2) is 4.99 Å². The average Bonchev–Trinajstić information content (AvgIpc) is 3.20. The third-order valence-corrected chi connectivity index (χ3v) is 5.87. The van der Waals surface area contributed by atoms with Crippen LogP contribution < -0.4 is 11.1 Å². The van der Waals surface area contributed by atoms with Crippen molar-refractivity contribution in [1.29, 1.82) is 0 Å². The zero-order valence-electron chi connectivity index (χ0n) is 15.2. The van der Waals surface area contributed by atoms with Gasteiger partial charge in [-0.15, -0.1) is 24.0 Å². The quantitative estimate of drug-likeness (QED) is 0.317. The minimum Gasteiger partial charge on any atom is -0.370 e. The van der Waals surface area contributed by atoms with Crippen LogP contribution in [0.1, 0.15) is 39.0 Å². The van der Waals surface area contributed by atoms with Gasteiger partial charge in [0.1, 0.15) is 9.84 Å². The van der Waals surface area contributed by atoms with E-state index in [1.807, 2.05) is 6.92 Å². The lowest BCUT2D eigenvalue weighted by molar-refractivity contribution is -0.119. The van der Waals surface area contributed by atoms with Crippen LogP contribution in [-0.4, -0.2) is 63.4 Å². The number of halogens is 1. The van der Waals surface area contributed by atoms with Gasteiger partial charge in [0.2, 0.25) is 5.91 Å². The van der Waals surface area contributed by atoms with Gasteiger partial charge in [0.05, 0.1) is 5.75 Å². The van der Waals surface area contributed by atoms with Gasteiger partial charge < -0.3 is 16.0 Å². The molecule has 1 amide bonds. The van der Waals surface area contributed by atoms with Crippen LogP contribution in [0.4, 0.5) is 0 Å². The first-order valence-electron chi connectivity index (χ1n) is 8.72. The summed E-state index contributed by atoms with van der Waals surface area (Å²) in [5, 5.41) is 3.30. The van der Waals surface area contributed by atoms with Crippen molar-refractivity contribution in [2.45, 2.75) is 39.0 Å². The summed E-state index contributed by atoms with van der Waals surface area (Å²) in [4.78, 5) is 18.1. The van der Waals surface area contributed by atoms with Crippen LogP contribution >= 0.6 is 24.0 Å². The molecule has 1 aliphatic heterocycles. The molecule has 1 saturated carbocycles. The molecule has 25 heavy (non-hydrogen) atoms. The Morgan fingerprint density at radius 3 is 2.60 bits per heavy atom. The van der Waals surface area contributed by atoms with E-state index in [2.05, 4.69) is 10.2 Å². The molecule has 9 heteroatoms. The number of carbonyl (C=O) groups is 1. The summed E-state index contributed by atoms with van der Waals surface area (Å²) < 4.78 is 23.2. The highest BCUT2D eigenvalue weighted by atomic mass is 127. The van der Waals surface area contributed by atoms with Gasteiger partial charge in [-0.05, 0) is 38.5 Å². The zero-order valence-corrected chi connectivity index (χ0v) is 18.3. The minimum absolute atomic E-state index is 0. The van der Waals surface area contributed by atoms with Crippen LogP contribution in [-0.2, 0) is 14.6 Å². The predicted molar refractivity (Wildman–Crippen MR) is 111 cm³/mol. The molecule has 0 radical (unpaired) electrons. The first-order chi connectivity index (χ1) is 11.2. The van der Waals surface area contributed by atoms with E-state index in [-0.39, 0.29) is 47.0 Å². The molecule has 7 nitrogen and oxygen atoms in total. The van der Waals surface area contributed by atoms with Gasteiger partial charge in [-0.2, -0.15) is 0 Å². The van der Waals surface area contributed by atoms with E-state index < -0.39 is 9.84 Å². The topological polar surface area (TPSA) is 105 Å². The average molecular weight is 486 g/mol. The van der Waals surface area contributed by atoms with Gasteiger partial charge >= 0.3 is 0 Å². The highest BCUT2D eigenvalue weighted by Crippen LogP contribution is 2.47. The van der Waals surface area contributed by atoms with Crippen molar-refractivity contribution in [3.63, 3.8) is 0 Å². The molecule has 1 saturated heterocycles. The number of likely N-dealkylation sites (tertiary alicyclic amines) is 1. The van der Waals surface area contributed by atoms with E-state index >= 15 is 0 Å². The number of primary amides is 1. The Labute approximate surface area is 168 Å². The minimum atomic E-state index is -2.98. The number of guanidine groups is 1. The Morgan fingerprint density at radius 2 is 2.08 bits per heavy atom. The zero-order chi connectivity index (χ0) is 17.8. The molecule has 0 aromatic rings. The highest BCUT2D eigenvalue weighted by molar-refractivity contribution is 14.0. The van der Waals surface area contributed by atoms with Gasteiger partial charge in [0, 0.05) is 44.3 Å². The molecule has 0 spiro atoms. The third-order valence-electron chi connectivity index (χ3n) is 4.73. The lowest BCUT2D eigenvalue weighted by atomic mass is 9.95. The van der Waals surface area contributed by atoms with Crippen LogP contribution in [0.5, 0.6) is 0 Å². The summed E-state index contributed by atoms with van der Waals surface area (Å²) in [6.07, 6.45) is 5.57. The Bertz CT molecular complexity index is 590. The number of amides is 1. The molecule has 2 aliphatic rings. The molecule has 2 rings (SSSR count). The van der Waals surface area contributed by atoms with Crippen molar-refractivity contribution in [3.8, 4) is 0 Å². The van der Waals surface area contributed by atoms with E-state index in [0.29, 0.717) is 13.0 Å². The van der Waals surface area contributed by atoms with Crippen molar-refractivity contribution < 1.29 is 13.2 Å². The van der Waals surface area contributed by atoms with E-state index in [1.54, 1.807) is 0 Å². The molecule has 0 bridgehead atoms. The molecule has 0 aromatic carbocycles. The number of nitrogens with one attached hydrogen (secondary N) is 1. The van der Waals surface area contributed by atoms with Crippen molar-refractivity contribution in [3.05, 3.63) is 0 Å². The van der Waals surface area contributed by atoms with E-state index in [9.17, 15) is 13.2 Å². The van der Waals surface area contributed by atoms with Gasteiger partial charge in [-0.1, -0.05) is 0 Å². The molecule has 146 valence electrons. The highest BCUT2D eigenvalue weighted by Gasteiger charge is 2.45. The van der Waals surface area contributed by atoms with E-state index in [4.69, 9.17) is 10.7 Å². The van der Waals surface area contributed by atoms with Crippen LogP contribution in [0.25, 0.3) is 0 Å². The maximum Gasteiger partial charge on any atom is 0.217 e. The number of nitrogens with two attached hydrogens (primary N) is 1. The molecular formula is C16H31IN4O3S. The summed E-state index contributed by atoms with van der Waals surface area (Å²) in [7, 11) is -2.98. The number of aliphatic imine (C=N–C) groups is 1. The first-order valence-corrected chi connectivity index (χ1v) is 10.8. The number of hydrogen-bond donors (Lipinski definition) is 2. The lowest BCUT2D eigenvalue weighted by Gasteiger charge is -2.35. The Morgan fingerprint density at radius 1 is 1.40 bits per heavy atom. The van der Waals surface area contributed by atoms with Crippen molar-refractivity contribution in [1.82, 2.24) is 10.2 Å². The summed E-state index contributed by atoms with van der Waals surface area (Å²) in [6.45, 7) is 4.99. The van der Waals surface area contributed by atoms with Crippen LogP contribution in [0.3, 0.4) is 0 Å². The fourth-order valence-corrected chi connectivity index (χ4v) is 4.95. The molecule has 2 fully saturated rings. The van der Waals surface area contributed by atoms with E-state index in [1.165, 1.54) is 6.26 Å². The predicted octanol–water partition coefficient (Wildman–Crippen LogP) is 0.982. The SMILES string of the molecule is CCNC(=NCC1(CS(C)(=O)=O)CC1)N1CCCC(CC(N)=O)C1.I. The number of piperidine rings is 1. The number of hydrogen-bond acceptors (Lipinski definition) is 4. The first kappa shape index (κ1) is 22.5. The number of nitrogens with zero attached hydrogens (tertiary/aromatic N) is 2. The smallest absolute Gasteiger partial charge is 0.217 e. The molecule has 1 unspecified atom stereocenters. The third kappa shape index (κ3) is 7.67. The molecular weight excluding hydrogens is 455 g/mol. The van der Waals surface area contributed by atoms with Gasteiger partial charge in [-0.25, -0.2) is 8.42 Å². The second-order valence-corrected chi connectivity index (χ2v) is 9.51. The van der Waals surface area contributed by atoms with Gasteiger partial charge in [-0.3, -0.25) is 9.79 Å². The largest absolute Gasteiger partial charge is 0.370 e. The molecule has 1 atom stereocenters. The molecule has 0 aromatic heterocycles. The summed E-state index contributed by atoms with van der Waals surface area (Å²) in [5.41, 5.74) is 5.16. The Kier molecular flexibility index (Phi) is 8.43. The van der Waals surface area contributed by atoms with Crippen molar-refractivity contribution >= 4 is 45.7 Å². The Balaban J connectivity index is 0.00000312. The second-order valence-electron chi connectivity index (χ2n) is 7.36. The molecule has 1 heterocycles. The van der Waals surface area contributed by atoms with Gasteiger partial charge in [0.25, 0.3) is 0 Å². The lowest BCUT2D eigenvalue weighted by Crippen LogP contribution is -2.47. The second kappa shape index (κ2) is 9.38.